The number of hydrogen-bond donors (Lipinski definition) is 2. The summed E-state index contributed by atoms with van der Waals surface area (Å²) in [7, 11) is 0. The van der Waals surface area contributed by atoms with Crippen molar-refractivity contribution in [3.63, 3.8) is 0 Å². The highest BCUT2D eigenvalue weighted by Gasteiger charge is 2.39. The van der Waals surface area contributed by atoms with Crippen LogP contribution in [0.2, 0.25) is 0 Å². The average molecular weight is 282 g/mol. The highest BCUT2D eigenvalue weighted by atomic mass is 16.4. The molecule has 1 unspecified atom stereocenters. The lowest BCUT2D eigenvalue weighted by Gasteiger charge is -2.24. The molecule has 0 aromatic rings. The number of carbonyl (C=O) groups is 3. The van der Waals surface area contributed by atoms with Crippen molar-refractivity contribution in [1.82, 2.24) is 10.2 Å². The van der Waals surface area contributed by atoms with Crippen LogP contribution in [0.4, 0.5) is 0 Å². The molecule has 112 valence electrons. The number of hydrogen-bond acceptors (Lipinski definition) is 3. The average Bonchev–Trinajstić information content (AvgIpc) is 3.03. The largest absolute Gasteiger partial charge is 0.480 e. The van der Waals surface area contributed by atoms with Gasteiger partial charge in [-0.25, -0.2) is 4.79 Å². The summed E-state index contributed by atoms with van der Waals surface area (Å²) in [6.45, 7) is 2.15. The number of nitrogens with one attached hydrogen (secondary N) is 1. The van der Waals surface area contributed by atoms with Gasteiger partial charge in [0.05, 0.1) is 5.92 Å². The minimum Gasteiger partial charge on any atom is -0.480 e. The summed E-state index contributed by atoms with van der Waals surface area (Å²) in [5.74, 6) is -1.72. The maximum absolute atomic E-state index is 12.1. The molecule has 6 heteroatoms. The third-order valence-corrected chi connectivity index (χ3v) is 4.32. The van der Waals surface area contributed by atoms with Crippen LogP contribution in [-0.2, 0) is 14.4 Å². The van der Waals surface area contributed by atoms with Gasteiger partial charge >= 0.3 is 5.97 Å². The molecule has 0 spiro atoms. The summed E-state index contributed by atoms with van der Waals surface area (Å²) in [5, 5.41) is 11.5. The number of rotatable bonds is 5. The molecule has 1 aliphatic heterocycles. The van der Waals surface area contributed by atoms with E-state index in [0.29, 0.717) is 13.0 Å². The van der Waals surface area contributed by atoms with Gasteiger partial charge in [-0.15, -0.1) is 0 Å². The van der Waals surface area contributed by atoms with E-state index >= 15 is 0 Å². The van der Waals surface area contributed by atoms with Crippen LogP contribution < -0.4 is 5.32 Å². The van der Waals surface area contributed by atoms with E-state index in [1.54, 1.807) is 6.92 Å². The Labute approximate surface area is 118 Å². The van der Waals surface area contributed by atoms with E-state index in [9.17, 15) is 14.4 Å². The SMILES string of the molecule is CC[C@H](NC(=O)C1CC(=O)N(C2CCCC2)C1)C(=O)O. The van der Waals surface area contributed by atoms with Crippen LogP contribution in [0.3, 0.4) is 0 Å². The van der Waals surface area contributed by atoms with E-state index in [0.717, 1.165) is 25.7 Å². The van der Waals surface area contributed by atoms with Crippen molar-refractivity contribution < 1.29 is 19.5 Å². The zero-order chi connectivity index (χ0) is 14.7. The van der Waals surface area contributed by atoms with Crippen molar-refractivity contribution in [1.29, 1.82) is 0 Å². The third kappa shape index (κ3) is 3.11. The Balaban J connectivity index is 1.92. The standard InChI is InChI=1S/C14H22N2O4/c1-2-11(14(19)20)15-13(18)9-7-12(17)16(8-9)10-5-3-4-6-10/h9-11H,2-8H2,1H3,(H,15,18)(H,19,20)/t9?,11-/m0/s1. The molecule has 2 aliphatic rings. The van der Waals surface area contributed by atoms with Gasteiger partial charge in [-0.2, -0.15) is 0 Å². The zero-order valence-corrected chi connectivity index (χ0v) is 11.8. The molecule has 1 heterocycles. The van der Waals surface area contributed by atoms with Crippen molar-refractivity contribution >= 4 is 17.8 Å². The fourth-order valence-corrected chi connectivity index (χ4v) is 3.10. The number of carboxylic acid groups (broad SMARTS) is 1. The summed E-state index contributed by atoms with van der Waals surface area (Å²) >= 11 is 0. The lowest BCUT2D eigenvalue weighted by Crippen LogP contribution is -2.44. The van der Waals surface area contributed by atoms with E-state index in [2.05, 4.69) is 5.32 Å². The molecule has 2 fully saturated rings. The van der Waals surface area contributed by atoms with Crippen molar-refractivity contribution in [2.24, 2.45) is 5.92 Å². The summed E-state index contributed by atoms with van der Waals surface area (Å²) in [5.41, 5.74) is 0. The number of carboxylic acids is 1. The van der Waals surface area contributed by atoms with E-state index in [4.69, 9.17) is 5.11 Å². The van der Waals surface area contributed by atoms with Gasteiger partial charge in [0.15, 0.2) is 0 Å². The first kappa shape index (κ1) is 14.8. The van der Waals surface area contributed by atoms with Gasteiger partial charge in [0.1, 0.15) is 6.04 Å². The van der Waals surface area contributed by atoms with Crippen molar-refractivity contribution in [2.75, 3.05) is 6.54 Å². The topological polar surface area (TPSA) is 86.7 Å². The Morgan fingerprint density at radius 3 is 2.60 bits per heavy atom. The molecule has 6 nitrogen and oxygen atoms in total. The quantitative estimate of drug-likeness (QED) is 0.779. The fraction of sp³-hybridized carbons (Fsp3) is 0.786. The van der Waals surface area contributed by atoms with Gasteiger partial charge in [-0.3, -0.25) is 9.59 Å². The van der Waals surface area contributed by atoms with Crippen molar-refractivity contribution in [3.8, 4) is 0 Å². The molecule has 2 amide bonds. The third-order valence-electron chi connectivity index (χ3n) is 4.32. The van der Waals surface area contributed by atoms with Crippen LogP contribution in [0.5, 0.6) is 0 Å². The minimum absolute atomic E-state index is 0.0282. The smallest absolute Gasteiger partial charge is 0.326 e. The maximum Gasteiger partial charge on any atom is 0.326 e. The number of nitrogens with zero attached hydrogens (tertiary/aromatic N) is 1. The first-order valence-corrected chi connectivity index (χ1v) is 7.35. The van der Waals surface area contributed by atoms with Gasteiger partial charge < -0.3 is 15.3 Å². The Morgan fingerprint density at radius 1 is 1.40 bits per heavy atom. The lowest BCUT2D eigenvalue weighted by molar-refractivity contribution is -0.142. The number of carbonyl (C=O) groups excluding carboxylic acids is 2. The van der Waals surface area contributed by atoms with Crippen LogP contribution in [0, 0.1) is 5.92 Å². The molecule has 20 heavy (non-hydrogen) atoms. The fourth-order valence-electron chi connectivity index (χ4n) is 3.10. The number of amides is 2. The van der Waals surface area contributed by atoms with Crippen molar-refractivity contribution in [3.05, 3.63) is 0 Å². The molecule has 2 N–H and O–H groups in total. The Kier molecular flexibility index (Phi) is 4.62. The summed E-state index contributed by atoms with van der Waals surface area (Å²) in [4.78, 5) is 36.8. The van der Waals surface area contributed by atoms with Crippen LogP contribution in [-0.4, -0.2) is 46.4 Å². The molecule has 1 aliphatic carbocycles. The van der Waals surface area contributed by atoms with E-state index in [-0.39, 0.29) is 24.3 Å². The Bertz CT molecular complexity index is 404. The zero-order valence-electron chi connectivity index (χ0n) is 11.8. The first-order chi connectivity index (χ1) is 9.52. The first-order valence-electron chi connectivity index (χ1n) is 7.35. The van der Waals surface area contributed by atoms with Gasteiger partial charge in [0.2, 0.25) is 11.8 Å². The predicted octanol–water partition coefficient (Wildman–Crippen LogP) is 0.757. The summed E-state index contributed by atoms with van der Waals surface area (Å²) in [6, 6.07) is -0.583. The second-order valence-corrected chi connectivity index (χ2v) is 5.69. The minimum atomic E-state index is -1.03. The molecule has 0 radical (unpaired) electrons. The molecule has 1 saturated carbocycles. The van der Waals surface area contributed by atoms with Gasteiger partial charge in [0, 0.05) is 19.0 Å². The molecule has 0 aromatic carbocycles. The Morgan fingerprint density at radius 2 is 2.05 bits per heavy atom. The molecule has 1 saturated heterocycles. The molecule has 0 bridgehead atoms. The normalized spacial score (nSPS) is 24.9. The lowest BCUT2D eigenvalue weighted by atomic mass is 10.1. The van der Waals surface area contributed by atoms with Crippen molar-refractivity contribution in [2.45, 2.75) is 57.5 Å². The molecule has 2 rings (SSSR count). The summed E-state index contributed by atoms with van der Waals surface area (Å²) in [6.07, 6.45) is 4.87. The van der Waals surface area contributed by atoms with Crippen LogP contribution in [0.15, 0.2) is 0 Å². The van der Waals surface area contributed by atoms with E-state index in [1.165, 1.54) is 0 Å². The van der Waals surface area contributed by atoms with E-state index in [1.807, 2.05) is 4.90 Å². The van der Waals surface area contributed by atoms with Gasteiger partial charge in [0.25, 0.3) is 0 Å². The number of aliphatic carboxylic acids is 1. The van der Waals surface area contributed by atoms with Crippen LogP contribution in [0.1, 0.15) is 45.4 Å². The van der Waals surface area contributed by atoms with Gasteiger partial charge in [-0.05, 0) is 19.3 Å². The monoisotopic (exact) mass is 282 g/mol. The molecular weight excluding hydrogens is 260 g/mol. The van der Waals surface area contributed by atoms with Gasteiger partial charge in [-0.1, -0.05) is 19.8 Å². The highest BCUT2D eigenvalue weighted by Crippen LogP contribution is 2.29. The number of likely N-dealkylation sites (tertiary alicyclic amines) is 1. The predicted molar refractivity (Wildman–Crippen MR) is 71.9 cm³/mol. The Hall–Kier alpha value is -1.59. The summed E-state index contributed by atoms with van der Waals surface area (Å²) < 4.78 is 0. The molecule has 0 aromatic heterocycles. The highest BCUT2D eigenvalue weighted by molar-refractivity contribution is 5.91. The maximum atomic E-state index is 12.1. The van der Waals surface area contributed by atoms with E-state index < -0.39 is 17.9 Å². The second-order valence-electron chi connectivity index (χ2n) is 5.69. The van der Waals surface area contributed by atoms with Crippen LogP contribution in [0.25, 0.3) is 0 Å². The van der Waals surface area contributed by atoms with Crippen LogP contribution >= 0.6 is 0 Å². The second kappa shape index (κ2) is 6.24. The molecule has 2 atom stereocenters. The molecular formula is C14H22N2O4.